The Morgan fingerprint density at radius 3 is 1.82 bits per heavy atom. The molecule has 0 amide bonds. The van der Waals surface area contributed by atoms with Gasteiger partial charge in [0, 0.05) is 0 Å². The Kier molecular flexibility index (Phi) is 5.42. The van der Waals surface area contributed by atoms with Crippen molar-refractivity contribution in [2.45, 2.75) is 58.5 Å². The largest absolute Gasteiger partial charge is 0.391 e. The SMILES string of the molecule is CCC1C(c2ccc3c4ccccc4c4ccccc4c3c2)CC(C(F)(F)F)CCC1(C)C. The van der Waals surface area contributed by atoms with Crippen LogP contribution < -0.4 is 0 Å². The molecule has 1 aliphatic carbocycles. The molecule has 0 aromatic heterocycles. The fourth-order valence-electron chi connectivity index (χ4n) is 6.52. The third-order valence-corrected chi connectivity index (χ3v) is 8.26. The van der Waals surface area contributed by atoms with Gasteiger partial charge >= 0.3 is 6.18 Å². The van der Waals surface area contributed by atoms with Crippen molar-refractivity contribution in [3.05, 3.63) is 72.3 Å². The van der Waals surface area contributed by atoms with Gasteiger partial charge in [0.25, 0.3) is 0 Å². The second kappa shape index (κ2) is 8.04. The fraction of sp³-hybridized carbons (Fsp3) is 0.400. The third kappa shape index (κ3) is 3.80. The van der Waals surface area contributed by atoms with Crippen LogP contribution in [0.5, 0.6) is 0 Å². The van der Waals surface area contributed by atoms with E-state index in [1.54, 1.807) is 0 Å². The first kappa shape index (κ1) is 22.3. The van der Waals surface area contributed by atoms with Gasteiger partial charge in [0.2, 0.25) is 0 Å². The summed E-state index contributed by atoms with van der Waals surface area (Å²) in [4.78, 5) is 0. The zero-order valence-electron chi connectivity index (χ0n) is 19.5. The smallest absolute Gasteiger partial charge is 0.171 e. The number of alkyl halides is 3. The molecule has 0 spiro atoms. The topological polar surface area (TPSA) is 0 Å². The minimum absolute atomic E-state index is 0.103. The Balaban J connectivity index is 1.74. The molecule has 4 aromatic carbocycles. The van der Waals surface area contributed by atoms with Crippen LogP contribution in [-0.4, -0.2) is 6.18 Å². The van der Waals surface area contributed by atoms with Gasteiger partial charge in [-0.1, -0.05) is 93.9 Å². The van der Waals surface area contributed by atoms with Crippen LogP contribution >= 0.6 is 0 Å². The second-order valence-corrected chi connectivity index (χ2v) is 10.5. The van der Waals surface area contributed by atoms with E-state index in [2.05, 4.69) is 81.4 Å². The molecule has 3 heteroatoms. The van der Waals surface area contributed by atoms with Crippen LogP contribution in [0, 0.1) is 17.3 Å². The van der Waals surface area contributed by atoms with E-state index in [9.17, 15) is 13.2 Å². The maximum Gasteiger partial charge on any atom is 0.391 e. The van der Waals surface area contributed by atoms with Crippen LogP contribution in [0.25, 0.3) is 32.3 Å². The monoisotopic (exact) mass is 448 g/mol. The zero-order chi connectivity index (χ0) is 23.4. The molecule has 0 radical (unpaired) electrons. The molecule has 0 heterocycles. The van der Waals surface area contributed by atoms with E-state index in [0.717, 1.165) is 17.4 Å². The minimum Gasteiger partial charge on any atom is -0.171 e. The predicted molar refractivity (Wildman–Crippen MR) is 133 cm³/mol. The molecule has 172 valence electrons. The summed E-state index contributed by atoms with van der Waals surface area (Å²) >= 11 is 0. The summed E-state index contributed by atoms with van der Waals surface area (Å²) in [7, 11) is 0. The van der Waals surface area contributed by atoms with Crippen LogP contribution in [0.15, 0.2) is 66.7 Å². The molecule has 0 saturated heterocycles. The van der Waals surface area contributed by atoms with Crippen LogP contribution in [-0.2, 0) is 0 Å². The molecule has 1 saturated carbocycles. The standard InChI is InChI=1S/C30H31F3/c1-4-28-26(18-20(30(31,32)33)15-16-29(28,2)3)19-13-14-25-23-11-6-5-9-21(23)22-10-7-8-12-24(22)27(25)17-19/h5-14,17,20,26,28H,4,15-16,18H2,1-3H3. The average molecular weight is 449 g/mol. The molecular weight excluding hydrogens is 417 g/mol. The summed E-state index contributed by atoms with van der Waals surface area (Å²) < 4.78 is 41.8. The van der Waals surface area contributed by atoms with E-state index in [1.165, 1.54) is 26.9 Å². The van der Waals surface area contributed by atoms with Crippen LogP contribution in [0.4, 0.5) is 13.2 Å². The molecule has 0 nitrogen and oxygen atoms in total. The normalized spacial score (nSPS) is 23.8. The van der Waals surface area contributed by atoms with Crippen LogP contribution in [0.2, 0.25) is 0 Å². The Hall–Kier alpha value is -2.55. The first-order valence-electron chi connectivity index (χ1n) is 12.1. The number of halogens is 3. The summed E-state index contributed by atoms with van der Waals surface area (Å²) in [6.45, 7) is 6.46. The van der Waals surface area contributed by atoms with Gasteiger partial charge in [-0.2, -0.15) is 13.2 Å². The Morgan fingerprint density at radius 1 is 0.788 bits per heavy atom. The van der Waals surface area contributed by atoms with Crippen LogP contribution in [0.3, 0.4) is 0 Å². The van der Waals surface area contributed by atoms with Crippen molar-refractivity contribution < 1.29 is 13.2 Å². The van der Waals surface area contributed by atoms with Gasteiger partial charge in [-0.05, 0) is 74.4 Å². The zero-order valence-corrected chi connectivity index (χ0v) is 19.5. The number of fused-ring (bicyclic) bond motifs is 6. The first-order valence-corrected chi connectivity index (χ1v) is 12.1. The predicted octanol–water partition coefficient (Wildman–Crippen LogP) is 9.64. The number of rotatable bonds is 2. The number of hydrogen-bond acceptors (Lipinski definition) is 0. The minimum atomic E-state index is -4.14. The van der Waals surface area contributed by atoms with Crippen molar-refractivity contribution in [1.82, 2.24) is 0 Å². The highest BCUT2D eigenvalue weighted by Gasteiger charge is 2.47. The quantitative estimate of drug-likeness (QED) is 0.211. The molecule has 0 bridgehead atoms. The number of hydrogen-bond donors (Lipinski definition) is 0. The lowest BCUT2D eigenvalue weighted by Crippen LogP contribution is -2.28. The molecule has 1 fully saturated rings. The van der Waals surface area contributed by atoms with Gasteiger partial charge in [-0.3, -0.25) is 0 Å². The highest BCUT2D eigenvalue weighted by atomic mass is 19.4. The lowest BCUT2D eigenvalue weighted by atomic mass is 9.67. The molecule has 0 aliphatic heterocycles. The lowest BCUT2D eigenvalue weighted by molar-refractivity contribution is -0.178. The molecule has 3 atom stereocenters. The van der Waals surface area contributed by atoms with Crippen molar-refractivity contribution in [2.75, 3.05) is 0 Å². The van der Waals surface area contributed by atoms with Gasteiger partial charge in [0.05, 0.1) is 5.92 Å². The maximum atomic E-state index is 13.9. The van der Waals surface area contributed by atoms with Crippen molar-refractivity contribution in [2.24, 2.45) is 17.3 Å². The summed E-state index contributed by atoms with van der Waals surface area (Å²) in [5.74, 6) is -1.12. The summed E-state index contributed by atoms with van der Waals surface area (Å²) in [6, 6.07) is 23.3. The van der Waals surface area contributed by atoms with Gasteiger partial charge in [0.15, 0.2) is 0 Å². The Labute approximate surface area is 193 Å². The number of benzene rings is 4. The maximum absolute atomic E-state index is 13.9. The fourth-order valence-corrected chi connectivity index (χ4v) is 6.52. The van der Waals surface area contributed by atoms with Gasteiger partial charge in [-0.15, -0.1) is 0 Å². The average Bonchev–Trinajstić information content (AvgIpc) is 2.94. The van der Waals surface area contributed by atoms with Gasteiger partial charge < -0.3 is 0 Å². The van der Waals surface area contributed by atoms with E-state index in [0.29, 0.717) is 6.42 Å². The second-order valence-electron chi connectivity index (χ2n) is 10.5. The molecule has 5 rings (SSSR count). The van der Waals surface area contributed by atoms with E-state index >= 15 is 0 Å². The van der Waals surface area contributed by atoms with Crippen molar-refractivity contribution in [3.8, 4) is 0 Å². The highest BCUT2D eigenvalue weighted by molar-refractivity contribution is 6.25. The van der Waals surface area contributed by atoms with Gasteiger partial charge in [0.1, 0.15) is 0 Å². The van der Waals surface area contributed by atoms with Gasteiger partial charge in [-0.25, -0.2) is 0 Å². The molecular formula is C30H31F3. The van der Waals surface area contributed by atoms with Crippen molar-refractivity contribution in [3.63, 3.8) is 0 Å². The van der Waals surface area contributed by atoms with Crippen molar-refractivity contribution in [1.29, 1.82) is 0 Å². The summed E-state index contributed by atoms with van der Waals surface area (Å²) in [5.41, 5.74) is 0.929. The van der Waals surface area contributed by atoms with E-state index < -0.39 is 12.1 Å². The molecule has 0 N–H and O–H groups in total. The Bertz CT molecular complexity index is 1280. The summed E-state index contributed by atoms with van der Waals surface area (Å²) in [5, 5.41) is 7.08. The highest BCUT2D eigenvalue weighted by Crippen LogP contribution is 2.53. The first-order chi connectivity index (χ1) is 15.7. The molecule has 33 heavy (non-hydrogen) atoms. The summed E-state index contributed by atoms with van der Waals surface area (Å²) in [6.07, 6.45) is -2.23. The van der Waals surface area contributed by atoms with Crippen molar-refractivity contribution >= 4 is 32.3 Å². The molecule has 3 unspecified atom stereocenters. The van der Waals surface area contributed by atoms with E-state index in [4.69, 9.17) is 0 Å². The lowest BCUT2D eigenvalue weighted by Gasteiger charge is -2.38. The van der Waals surface area contributed by atoms with E-state index in [-0.39, 0.29) is 30.1 Å². The van der Waals surface area contributed by atoms with E-state index in [1.807, 2.05) is 6.07 Å². The molecule has 4 aromatic rings. The third-order valence-electron chi connectivity index (χ3n) is 8.26. The Morgan fingerprint density at radius 2 is 1.30 bits per heavy atom. The molecule has 1 aliphatic rings. The van der Waals surface area contributed by atoms with Crippen LogP contribution in [0.1, 0.15) is 57.9 Å².